The molecule has 0 saturated carbocycles. The molecule has 3 aromatic carbocycles. The maximum atomic E-state index is 11.4. The third-order valence-electron chi connectivity index (χ3n) is 4.07. The number of aryl methyl sites for hydroxylation is 2. The van der Waals surface area contributed by atoms with Crippen LogP contribution in [0.15, 0.2) is 60.7 Å². The number of hydrogen-bond acceptors (Lipinski definition) is 5. The van der Waals surface area contributed by atoms with E-state index in [1.54, 1.807) is 67.6 Å². The van der Waals surface area contributed by atoms with E-state index in [0.717, 1.165) is 11.1 Å². The molecule has 0 unspecified atom stereocenters. The quantitative estimate of drug-likeness (QED) is 0.542. The monoisotopic (exact) mass is 380 g/mol. The van der Waals surface area contributed by atoms with Crippen LogP contribution in [0.3, 0.4) is 0 Å². The van der Waals surface area contributed by atoms with Crippen molar-refractivity contribution in [3.63, 3.8) is 0 Å². The van der Waals surface area contributed by atoms with Crippen molar-refractivity contribution in [2.45, 2.75) is 20.1 Å². The molecule has 0 aliphatic rings. The van der Waals surface area contributed by atoms with Crippen molar-refractivity contribution >= 4 is 5.97 Å². The summed E-state index contributed by atoms with van der Waals surface area (Å²) in [7, 11) is 0. The molecular formula is C22H20O6. The molecule has 3 aromatic rings. The van der Waals surface area contributed by atoms with Crippen molar-refractivity contribution in [3.05, 3.63) is 82.9 Å². The van der Waals surface area contributed by atoms with Crippen molar-refractivity contribution in [1.29, 1.82) is 0 Å². The number of carboxylic acid groups (broad SMARTS) is 1. The Balaban J connectivity index is 1.88. The molecule has 6 nitrogen and oxygen atoms in total. The minimum absolute atomic E-state index is 0.0653. The van der Waals surface area contributed by atoms with E-state index in [9.17, 15) is 20.1 Å². The van der Waals surface area contributed by atoms with Crippen LogP contribution in [-0.2, 0) is 0 Å². The standard InChI is InChI=1S/C22H20O6/c1-13-6-8-19(17(10-13)21(23)24)27-15-4-3-5-16(12-15)28-20-9-7-14(2)11-18(20)22(25)26/h3-12,21,23-24H,1-2H3,(H,25,26). The summed E-state index contributed by atoms with van der Waals surface area (Å²) in [6.45, 7) is 3.64. The van der Waals surface area contributed by atoms with Crippen LogP contribution in [0.5, 0.6) is 23.0 Å². The van der Waals surface area contributed by atoms with Gasteiger partial charge in [0.2, 0.25) is 0 Å². The average Bonchev–Trinajstić information content (AvgIpc) is 2.64. The molecule has 0 amide bonds. The molecule has 0 radical (unpaired) electrons. The molecule has 0 aliphatic carbocycles. The van der Waals surface area contributed by atoms with E-state index >= 15 is 0 Å². The normalized spacial score (nSPS) is 10.8. The molecule has 0 fully saturated rings. The van der Waals surface area contributed by atoms with Gasteiger partial charge in [-0.2, -0.15) is 0 Å². The van der Waals surface area contributed by atoms with Crippen LogP contribution in [0.4, 0.5) is 0 Å². The van der Waals surface area contributed by atoms with E-state index in [4.69, 9.17) is 9.47 Å². The third kappa shape index (κ3) is 4.49. The lowest BCUT2D eigenvalue weighted by Gasteiger charge is -2.14. The first-order chi connectivity index (χ1) is 13.3. The molecule has 0 atom stereocenters. The number of rotatable bonds is 6. The maximum absolute atomic E-state index is 11.4. The van der Waals surface area contributed by atoms with Gasteiger partial charge in [-0.25, -0.2) is 4.79 Å². The molecule has 3 rings (SSSR count). The highest BCUT2D eigenvalue weighted by Gasteiger charge is 2.14. The number of hydrogen-bond donors (Lipinski definition) is 3. The lowest BCUT2D eigenvalue weighted by Crippen LogP contribution is -2.01. The second-order valence-corrected chi connectivity index (χ2v) is 6.40. The van der Waals surface area contributed by atoms with Crippen LogP contribution in [0.25, 0.3) is 0 Å². The molecule has 0 aromatic heterocycles. The van der Waals surface area contributed by atoms with Crippen LogP contribution >= 0.6 is 0 Å². The first-order valence-electron chi connectivity index (χ1n) is 8.60. The molecule has 6 heteroatoms. The van der Waals surface area contributed by atoms with Crippen molar-refractivity contribution in [3.8, 4) is 23.0 Å². The molecule has 28 heavy (non-hydrogen) atoms. The fraction of sp³-hybridized carbons (Fsp3) is 0.136. The number of aliphatic hydroxyl groups excluding tert-OH is 1. The SMILES string of the molecule is Cc1ccc(Oc2cccc(Oc3ccc(C)cc3C(O)O)c2)c(C(=O)O)c1. The zero-order chi connectivity index (χ0) is 20.3. The summed E-state index contributed by atoms with van der Waals surface area (Å²) in [6, 6.07) is 16.7. The first kappa shape index (κ1) is 19.4. The highest BCUT2D eigenvalue weighted by Crippen LogP contribution is 2.33. The number of benzene rings is 3. The molecule has 3 N–H and O–H groups in total. The van der Waals surface area contributed by atoms with Crippen molar-refractivity contribution in [2.24, 2.45) is 0 Å². The number of carboxylic acids is 1. The van der Waals surface area contributed by atoms with E-state index in [0.29, 0.717) is 17.2 Å². The van der Waals surface area contributed by atoms with Crippen LogP contribution in [-0.4, -0.2) is 21.3 Å². The van der Waals surface area contributed by atoms with Gasteiger partial charge < -0.3 is 24.8 Å². The molecule has 0 bridgehead atoms. The van der Waals surface area contributed by atoms with Crippen LogP contribution in [0.2, 0.25) is 0 Å². The second kappa shape index (κ2) is 8.12. The third-order valence-corrected chi connectivity index (χ3v) is 4.07. The van der Waals surface area contributed by atoms with Crippen LogP contribution in [0, 0.1) is 13.8 Å². The van der Waals surface area contributed by atoms with Gasteiger partial charge in [-0.3, -0.25) is 0 Å². The summed E-state index contributed by atoms with van der Waals surface area (Å²) in [5, 5.41) is 28.5. The van der Waals surface area contributed by atoms with Gasteiger partial charge in [0.25, 0.3) is 0 Å². The molecule has 0 saturated heterocycles. The van der Waals surface area contributed by atoms with Gasteiger partial charge in [-0.1, -0.05) is 29.3 Å². The second-order valence-electron chi connectivity index (χ2n) is 6.40. The number of aliphatic hydroxyl groups is 2. The Morgan fingerprint density at radius 2 is 1.39 bits per heavy atom. The van der Waals surface area contributed by atoms with E-state index in [1.165, 1.54) is 0 Å². The summed E-state index contributed by atoms with van der Waals surface area (Å²) >= 11 is 0. The van der Waals surface area contributed by atoms with Gasteiger partial charge in [-0.15, -0.1) is 0 Å². The fourth-order valence-corrected chi connectivity index (χ4v) is 2.72. The van der Waals surface area contributed by atoms with Gasteiger partial charge in [0.15, 0.2) is 6.29 Å². The minimum atomic E-state index is -1.67. The molecule has 0 aliphatic heterocycles. The van der Waals surface area contributed by atoms with Crippen LogP contribution < -0.4 is 9.47 Å². The maximum Gasteiger partial charge on any atom is 0.339 e. The minimum Gasteiger partial charge on any atom is -0.478 e. The highest BCUT2D eigenvalue weighted by molar-refractivity contribution is 5.91. The molecule has 0 spiro atoms. The fourth-order valence-electron chi connectivity index (χ4n) is 2.72. The lowest BCUT2D eigenvalue weighted by atomic mass is 10.1. The first-order valence-corrected chi connectivity index (χ1v) is 8.60. The summed E-state index contributed by atoms with van der Waals surface area (Å²) in [5.74, 6) is 0.248. The van der Waals surface area contributed by atoms with Gasteiger partial charge in [-0.05, 0) is 50.2 Å². The van der Waals surface area contributed by atoms with E-state index in [2.05, 4.69) is 0 Å². The predicted octanol–water partition coefficient (Wildman–Crippen LogP) is 4.57. The summed E-state index contributed by atoms with van der Waals surface area (Å²) in [5.41, 5.74) is 2.00. The number of carbonyl (C=O) groups is 1. The molecular weight excluding hydrogens is 360 g/mol. The van der Waals surface area contributed by atoms with Crippen LogP contribution in [0.1, 0.15) is 33.3 Å². The lowest BCUT2D eigenvalue weighted by molar-refractivity contribution is -0.0437. The Morgan fingerprint density at radius 3 is 2.00 bits per heavy atom. The predicted molar refractivity (Wildman–Crippen MR) is 103 cm³/mol. The summed E-state index contributed by atoms with van der Waals surface area (Å²) in [4.78, 5) is 11.4. The van der Waals surface area contributed by atoms with Crippen molar-refractivity contribution in [2.75, 3.05) is 0 Å². The molecule has 0 heterocycles. The van der Waals surface area contributed by atoms with Gasteiger partial charge in [0.05, 0.1) is 5.56 Å². The van der Waals surface area contributed by atoms with Crippen molar-refractivity contribution < 1.29 is 29.6 Å². The Morgan fingerprint density at radius 1 is 0.821 bits per heavy atom. The topological polar surface area (TPSA) is 96.2 Å². The van der Waals surface area contributed by atoms with E-state index < -0.39 is 12.3 Å². The van der Waals surface area contributed by atoms with Crippen molar-refractivity contribution in [1.82, 2.24) is 0 Å². The zero-order valence-electron chi connectivity index (χ0n) is 15.4. The van der Waals surface area contributed by atoms with Gasteiger partial charge in [0.1, 0.15) is 28.6 Å². The Kier molecular flexibility index (Phi) is 5.63. The number of ether oxygens (including phenoxy) is 2. The van der Waals surface area contributed by atoms with Gasteiger partial charge in [0, 0.05) is 6.07 Å². The average molecular weight is 380 g/mol. The smallest absolute Gasteiger partial charge is 0.339 e. The van der Waals surface area contributed by atoms with E-state index in [1.807, 2.05) is 6.92 Å². The molecule has 144 valence electrons. The zero-order valence-corrected chi connectivity index (χ0v) is 15.4. The van der Waals surface area contributed by atoms with Gasteiger partial charge >= 0.3 is 5.97 Å². The van der Waals surface area contributed by atoms with E-state index in [-0.39, 0.29) is 16.9 Å². The Labute approximate surface area is 162 Å². The Bertz CT molecular complexity index is 1010. The Hall–Kier alpha value is -3.35. The summed E-state index contributed by atoms with van der Waals surface area (Å²) in [6.07, 6.45) is -1.67. The largest absolute Gasteiger partial charge is 0.478 e. The number of aromatic carboxylic acids is 1. The summed E-state index contributed by atoms with van der Waals surface area (Å²) < 4.78 is 11.5. The highest BCUT2D eigenvalue weighted by atomic mass is 16.5.